The van der Waals surface area contributed by atoms with E-state index in [4.69, 9.17) is 0 Å². The molecule has 0 aromatic heterocycles. The minimum Gasteiger partial charge on any atom is -0.466 e. The third-order valence-electron chi connectivity index (χ3n) is 1.96. The minimum atomic E-state index is -0.488. The molecule has 0 aliphatic rings. The van der Waals surface area contributed by atoms with Gasteiger partial charge in [0.15, 0.2) is 5.78 Å². The van der Waals surface area contributed by atoms with Crippen molar-refractivity contribution in [3.8, 4) is 0 Å². The largest absolute Gasteiger partial charge is 0.466 e. The summed E-state index contributed by atoms with van der Waals surface area (Å²) < 4.78 is 5.66. The first kappa shape index (κ1) is 13.6. The second kappa shape index (κ2) is 7.01. The van der Waals surface area contributed by atoms with E-state index < -0.39 is 5.97 Å². The third kappa shape index (κ3) is 5.45. The van der Waals surface area contributed by atoms with Crippen LogP contribution < -0.4 is 0 Å². The summed E-state index contributed by atoms with van der Waals surface area (Å²) in [6.07, 6.45) is 2.86. The standard InChI is InChI=1S/C13H13BrO3/c1-2-17-13(16)9-12(15)8-5-10-3-6-11(14)7-4-10/h3-8H,2,9H2,1H3/b8-5+. The Labute approximate surface area is 109 Å². The van der Waals surface area contributed by atoms with Crippen molar-refractivity contribution in [1.29, 1.82) is 0 Å². The van der Waals surface area contributed by atoms with Gasteiger partial charge in [0.25, 0.3) is 0 Å². The van der Waals surface area contributed by atoms with Crippen molar-refractivity contribution in [1.82, 2.24) is 0 Å². The van der Waals surface area contributed by atoms with Gasteiger partial charge < -0.3 is 4.74 Å². The van der Waals surface area contributed by atoms with Crippen LogP contribution in [-0.2, 0) is 14.3 Å². The van der Waals surface area contributed by atoms with E-state index in [1.807, 2.05) is 24.3 Å². The molecule has 1 aromatic rings. The zero-order valence-electron chi connectivity index (χ0n) is 9.48. The summed E-state index contributed by atoms with van der Waals surface area (Å²) in [6, 6.07) is 7.52. The molecule has 0 aliphatic heterocycles. The maximum Gasteiger partial charge on any atom is 0.313 e. The van der Waals surface area contributed by atoms with Crippen LogP contribution in [0.2, 0.25) is 0 Å². The SMILES string of the molecule is CCOC(=O)CC(=O)/C=C/c1ccc(Br)cc1. The van der Waals surface area contributed by atoms with E-state index in [0.29, 0.717) is 6.61 Å². The number of carbonyl (C=O) groups is 2. The second-order valence-electron chi connectivity index (χ2n) is 3.33. The third-order valence-corrected chi connectivity index (χ3v) is 2.48. The molecule has 3 nitrogen and oxygen atoms in total. The monoisotopic (exact) mass is 296 g/mol. The van der Waals surface area contributed by atoms with Crippen LogP contribution in [0, 0.1) is 0 Å². The summed E-state index contributed by atoms with van der Waals surface area (Å²) in [6.45, 7) is 2.00. The molecule has 90 valence electrons. The van der Waals surface area contributed by atoms with Crippen LogP contribution in [0.1, 0.15) is 18.9 Å². The molecule has 0 heterocycles. The Bertz CT molecular complexity index is 421. The summed E-state index contributed by atoms with van der Waals surface area (Å²) in [5.41, 5.74) is 0.908. The molecule has 1 aromatic carbocycles. The van der Waals surface area contributed by atoms with Gasteiger partial charge in [0.1, 0.15) is 6.42 Å². The molecule has 4 heteroatoms. The van der Waals surface area contributed by atoms with Crippen LogP contribution in [0.3, 0.4) is 0 Å². The fourth-order valence-corrected chi connectivity index (χ4v) is 1.44. The van der Waals surface area contributed by atoms with Crippen molar-refractivity contribution in [3.05, 3.63) is 40.4 Å². The van der Waals surface area contributed by atoms with Gasteiger partial charge in [-0.15, -0.1) is 0 Å². The lowest BCUT2D eigenvalue weighted by molar-refractivity contribution is -0.144. The maximum atomic E-state index is 11.4. The number of benzene rings is 1. The number of halogens is 1. The first-order valence-corrected chi connectivity index (χ1v) is 6.03. The Hall–Kier alpha value is -1.42. The molecule has 0 N–H and O–H groups in total. The van der Waals surface area contributed by atoms with Crippen molar-refractivity contribution in [3.63, 3.8) is 0 Å². The van der Waals surface area contributed by atoms with Gasteiger partial charge in [-0.1, -0.05) is 34.1 Å². The molecule has 1 rings (SSSR count). The van der Waals surface area contributed by atoms with Gasteiger partial charge in [-0.3, -0.25) is 9.59 Å². The zero-order chi connectivity index (χ0) is 12.7. The van der Waals surface area contributed by atoms with Crippen LogP contribution in [0.25, 0.3) is 6.08 Å². The van der Waals surface area contributed by atoms with E-state index in [9.17, 15) is 9.59 Å². The molecule has 0 fully saturated rings. The van der Waals surface area contributed by atoms with E-state index >= 15 is 0 Å². The Morgan fingerprint density at radius 1 is 1.29 bits per heavy atom. The molecule has 0 spiro atoms. The lowest BCUT2D eigenvalue weighted by atomic mass is 10.2. The van der Waals surface area contributed by atoms with E-state index in [2.05, 4.69) is 20.7 Å². The highest BCUT2D eigenvalue weighted by Crippen LogP contribution is 2.11. The summed E-state index contributed by atoms with van der Waals surface area (Å²) in [5, 5.41) is 0. The molecule has 0 bridgehead atoms. The number of carbonyl (C=O) groups excluding carboxylic acids is 2. The number of esters is 1. The normalized spacial score (nSPS) is 10.5. The lowest BCUT2D eigenvalue weighted by Gasteiger charge is -1.98. The average molecular weight is 297 g/mol. The zero-order valence-corrected chi connectivity index (χ0v) is 11.1. The first-order chi connectivity index (χ1) is 8.11. The van der Waals surface area contributed by atoms with E-state index in [1.165, 1.54) is 6.08 Å². The number of rotatable bonds is 5. The number of hydrogen-bond donors (Lipinski definition) is 0. The smallest absolute Gasteiger partial charge is 0.313 e. The highest BCUT2D eigenvalue weighted by atomic mass is 79.9. The van der Waals surface area contributed by atoms with Gasteiger partial charge in [0.05, 0.1) is 6.61 Å². The molecular formula is C13H13BrO3. The highest BCUT2D eigenvalue weighted by Gasteiger charge is 2.06. The van der Waals surface area contributed by atoms with Gasteiger partial charge in [-0.2, -0.15) is 0 Å². The molecule has 17 heavy (non-hydrogen) atoms. The maximum absolute atomic E-state index is 11.4. The molecule has 0 aliphatic carbocycles. The molecule has 0 radical (unpaired) electrons. The molecule has 0 unspecified atom stereocenters. The fraction of sp³-hybridized carbons (Fsp3) is 0.231. The van der Waals surface area contributed by atoms with E-state index in [0.717, 1.165) is 10.0 Å². The van der Waals surface area contributed by atoms with Gasteiger partial charge in [-0.05, 0) is 30.7 Å². The van der Waals surface area contributed by atoms with Crippen LogP contribution >= 0.6 is 15.9 Å². The van der Waals surface area contributed by atoms with E-state index in [-0.39, 0.29) is 12.2 Å². The van der Waals surface area contributed by atoms with Gasteiger partial charge in [-0.25, -0.2) is 0 Å². The van der Waals surface area contributed by atoms with Crippen LogP contribution in [0.15, 0.2) is 34.8 Å². The summed E-state index contributed by atoms with van der Waals surface area (Å²) in [4.78, 5) is 22.4. The molecule has 0 amide bonds. The molecular weight excluding hydrogens is 284 g/mol. The molecule has 0 saturated carbocycles. The van der Waals surface area contributed by atoms with E-state index in [1.54, 1.807) is 13.0 Å². The highest BCUT2D eigenvalue weighted by molar-refractivity contribution is 9.10. The second-order valence-corrected chi connectivity index (χ2v) is 4.25. The number of ether oxygens (including phenoxy) is 1. The Morgan fingerprint density at radius 3 is 2.53 bits per heavy atom. The van der Waals surface area contributed by atoms with Gasteiger partial charge in [0.2, 0.25) is 0 Å². The number of ketones is 1. The van der Waals surface area contributed by atoms with Crippen LogP contribution in [0.5, 0.6) is 0 Å². The van der Waals surface area contributed by atoms with Gasteiger partial charge in [0, 0.05) is 4.47 Å². The average Bonchev–Trinajstić information content (AvgIpc) is 2.28. The quantitative estimate of drug-likeness (QED) is 0.477. The van der Waals surface area contributed by atoms with Crippen molar-refractivity contribution in [2.45, 2.75) is 13.3 Å². The van der Waals surface area contributed by atoms with Crippen molar-refractivity contribution < 1.29 is 14.3 Å². The summed E-state index contributed by atoms with van der Waals surface area (Å²) in [5.74, 6) is -0.746. The van der Waals surface area contributed by atoms with Crippen LogP contribution in [-0.4, -0.2) is 18.4 Å². The molecule has 0 saturated heterocycles. The number of allylic oxidation sites excluding steroid dienone is 1. The van der Waals surface area contributed by atoms with Crippen LogP contribution in [0.4, 0.5) is 0 Å². The Balaban J connectivity index is 2.50. The van der Waals surface area contributed by atoms with Crippen molar-refractivity contribution in [2.75, 3.05) is 6.61 Å². The van der Waals surface area contributed by atoms with Crippen molar-refractivity contribution >= 4 is 33.8 Å². The van der Waals surface area contributed by atoms with Crippen molar-refractivity contribution in [2.24, 2.45) is 0 Å². The first-order valence-electron chi connectivity index (χ1n) is 5.24. The fourth-order valence-electron chi connectivity index (χ4n) is 1.18. The minimum absolute atomic E-state index is 0.207. The summed E-state index contributed by atoms with van der Waals surface area (Å²) >= 11 is 3.32. The lowest BCUT2D eigenvalue weighted by Crippen LogP contribution is -2.08. The topological polar surface area (TPSA) is 43.4 Å². The predicted octanol–water partition coefficient (Wildman–Crippen LogP) is 2.98. The summed E-state index contributed by atoms with van der Waals surface area (Å²) in [7, 11) is 0. The predicted molar refractivity (Wildman–Crippen MR) is 69.4 cm³/mol. The molecule has 0 atom stereocenters. The Kier molecular flexibility index (Phi) is 5.63. The van der Waals surface area contributed by atoms with Gasteiger partial charge >= 0.3 is 5.97 Å². The number of hydrogen-bond acceptors (Lipinski definition) is 3. The Morgan fingerprint density at radius 2 is 1.94 bits per heavy atom.